The zero-order valence-electron chi connectivity index (χ0n) is 18.4. The van der Waals surface area contributed by atoms with Gasteiger partial charge in [0, 0.05) is 50.3 Å². The molecule has 1 saturated heterocycles. The Labute approximate surface area is 194 Å². The Balaban J connectivity index is 0.00000245. The van der Waals surface area contributed by atoms with E-state index >= 15 is 0 Å². The summed E-state index contributed by atoms with van der Waals surface area (Å²) in [4.78, 5) is 22.5. The zero-order valence-corrected chi connectivity index (χ0v) is 19.2. The zero-order chi connectivity index (χ0) is 21.4. The van der Waals surface area contributed by atoms with Crippen molar-refractivity contribution in [3.63, 3.8) is 0 Å². The minimum Gasteiger partial charge on any atom is -0.353 e. The number of carbonyl (C=O) groups is 1. The molecule has 0 bridgehead atoms. The first-order chi connectivity index (χ1) is 15.1. The van der Waals surface area contributed by atoms with E-state index in [1.807, 2.05) is 47.5 Å². The lowest BCUT2D eigenvalue weighted by Crippen LogP contribution is -2.49. The van der Waals surface area contributed by atoms with Gasteiger partial charge in [0.25, 0.3) is 5.91 Å². The number of pyridine rings is 1. The molecule has 1 amide bonds. The van der Waals surface area contributed by atoms with Gasteiger partial charge in [-0.3, -0.25) is 4.79 Å². The van der Waals surface area contributed by atoms with Gasteiger partial charge in [0.05, 0.1) is 11.3 Å². The van der Waals surface area contributed by atoms with Gasteiger partial charge in [-0.1, -0.05) is 48.5 Å². The van der Waals surface area contributed by atoms with Crippen molar-refractivity contribution in [3.8, 4) is 11.3 Å². The first-order valence-electron chi connectivity index (χ1n) is 10.7. The Bertz CT molecular complexity index is 1230. The molecule has 0 atom stereocenters. The summed E-state index contributed by atoms with van der Waals surface area (Å²) in [6, 6.07) is 22.5. The van der Waals surface area contributed by atoms with E-state index in [1.54, 1.807) is 0 Å². The Hall–Kier alpha value is -3.31. The molecule has 4 aromatic rings. The van der Waals surface area contributed by atoms with Crippen LogP contribution < -0.4 is 4.90 Å². The molecule has 2 aromatic carbocycles. The van der Waals surface area contributed by atoms with Crippen molar-refractivity contribution < 1.29 is 4.79 Å². The van der Waals surface area contributed by atoms with Gasteiger partial charge in [-0.25, -0.2) is 4.98 Å². The van der Waals surface area contributed by atoms with E-state index in [4.69, 9.17) is 0 Å². The summed E-state index contributed by atoms with van der Waals surface area (Å²) in [5.41, 5.74) is 5.13. The van der Waals surface area contributed by atoms with Crippen LogP contribution in [0.5, 0.6) is 0 Å². The number of benzene rings is 2. The molecule has 1 aliphatic rings. The van der Waals surface area contributed by atoms with Gasteiger partial charge in [0.15, 0.2) is 0 Å². The van der Waals surface area contributed by atoms with Crippen LogP contribution in [0.25, 0.3) is 22.2 Å². The van der Waals surface area contributed by atoms with Gasteiger partial charge in [0.2, 0.25) is 0 Å². The van der Waals surface area contributed by atoms with E-state index in [0.717, 1.165) is 46.6 Å². The molecule has 0 spiro atoms. The molecule has 0 aliphatic carbocycles. The van der Waals surface area contributed by atoms with Crippen molar-refractivity contribution in [2.75, 3.05) is 31.1 Å². The maximum Gasteiger partial charge on any atom is 0.256 e. The maximum atomic E-state index is 13.8. The second kappa shape index (κ2) is 9.05. The number of amides is 1. The van der Waals surface area contributed by atoms with E-state index < -0.39 is 0 Å². The molecule has 1 aliphatic heterocycles. The topological polar surface area (TPSA) is 41.4 Å². The lowest BCUT2D eigenvalue weighted by atomic mass is 10.0. The fourth-order valence-electron chi connectivity index (χ4n) is 4.53. The molecule has 0 radical (unpaired) electrons. The Kier molecular flexibility index (Phi) is 6.19. The summed E-state index contributed by atoms with van der Waals surface area (Å²) in [5.74, 6) is 1.08. The second-order valence-electron chi connectivity index (χ2n) is 8.14. The Morgan fingerprint density at radius 1 is 0.906 bits per heavy atom. The predicted octanol–water partition coefficient (Wildman–Crippen LogP) is 4.93. The number of hydrogen-bond acceptors (Lipinski definition) is 3. The number of fused-ring (bicyclic) bond motifs is 1. The summed E-state index contributed by atoms with van der Waals surface area (Å²) in [6.45, 7) is 5.03. The van der Waals surface area contributed by atoms with E-state index in [9.17, 15) is 4.79 Å². The summed E-state index contributed by atoms with van der Waals surface area (Å²) >= 11 is 0. The molecular formula is C26H27ClN4O. The second-order valence-corrected chi connectivity index (χ2v) is 8.14. The lowest BCUT2D eigenvalue weighted by molar-refractivity contribution is 0.0749. The standard InChI is InChI=1S/C26H26N4O.ClH/c1-19-11-12-21-22(18-19)28(2)25(20-8-4-3-5-9-20)24(21)26(31)30-16-14-29(15-17-30)23-10-6-7-13-27-23;/h3-13,18H,14-17H2,1-2H3;1H. The SMILES string of the molecule is Cc1ccc2c(C(=O)N3CCN(c4ccccn4)CC3)c(-c3ccccc3)n(C)c2c1.Cl. The average molecular weight is 447 g/mol. The van der Waals surface area contributed by atoms with Crippen molar-refractivity contribution in [1.29, 1.82) is 0 Å². The van der Waals surface area contributed by atoms with Gasteiger partial charge in [-0.15, -0.1) is 12.4 Å². The van der Waals surface area contributed by atoms with Crippen LogP contribution in [0.2, 0.25) is 0 Å². The highest BCUT2D eigenvalue weighted by Gasteiger charge is 2.28. The summed E-state index contributed by atoms with van der Waals surface area (Å²) < 4.78 is 2.16. The molecule has 0 N–H and O–H groups in total. The number of anilines is 1. The molecule has 5 nitrogen and oxygen atoms in total. The quantitative estimate of drug-likeness (QED) is 0.448. The van der Waals surface area contributed by atoms with Crippen molar-refractivity contribution in [1.82, 2.24) is 14.5 Å². The largest absolute Gasteiger partial charge is 0.353 e. The minimum atomic E-state index is 0. The van der Waals surface area contributed by atoms with Crippen molar-refractivity contribution >= 4 is 35.0 Å². The van der Waals surface area contributed by atoms with E-state index in [2.05, 4.69) is 58.8 Å². The number of aromatic nitrogens is 2. The number of piperazine rings is 1. The fourth-order valence-corrected chi connectivity index (χ4v) is 4.53. The third kappa shape index (κ3) is 3.84. The molecule has 5 rings (SSSR count). The van der Waals surface area contributed by atoms with Crippen LogP contribution in [0, 0.1) is 6.92 Å². The number of rotatable bonds is 3. The Morgan fingerprint density at radius 3 is 2.31 bits per heavy atom. The summed E-state index contributed by atoms with van der Waals surface area (Å²) in [7, 11) is 2.06. The summed E-state index contributed by atoms with van der Waals surface area (Å²) in [6.07, 6.45) is 1.82. The number of hydrogen-bond donors (Lipinski definition) is 0. The average Bonchev–Trinajstić information content (AvgIpc) is 3.11. The molecule has 3 heterocycles. The highest BCUT2D eigenvalue weighted by atomic mass is 35.5. The maximum absolute atomic E-state index is 13.8. The highest BCUT2D eigenvalue weighted by Crippen LogP contribution is 2.34. The summed E-state index contributed by atoms with van der Waals surface area (Å²) in [5, 5.41) is 1.02. The molecule has 2 aromatic heterocycles. The van der Waals surface area contributed by atoms with Gasteiger partial charge in [0.1, 0.15) is 5.82 Å². The van der Waals surface area contributed by atoms with Gasteiger partial charge in [-0.05, 0) is 36.2 Å². The minimum absolute atomic E-state index is 0. The van der Waals surface area contributed by atoms with Crippen LogP contribution in [0.15, 0.2) is 72.9 Å². The van der Waals surface area contributed by atoms with E-state index in [0.29, 0.717) is 13.1 Å². The lowest BCUT2D eigenvalue weighted by Gasteiger charge is -2.35. The predicted molar refractivity (Wildman–Crippen MR) is 133 cm³/mol. The molecule has 164 valence electrons. The number of nitrogens with zero attached hydrogens (tertiary/aromatic N) is 4. The smallest absolute Gasteiger partial charge is 0.256 e. The van der Waals surface area contributed by atoms with Crippen LogP contribution in [-0.2, 0) is 7.05 Å². The van der Waals surface area contributed by atoms with Crippen molar-refractivity contribution in [3.05, 3.63) is 84.1 Å². The van der Waals surface area contributed by atoms with E-state index in [1.165, 1.54) is 5.56 Å². The monoisotopic (exact) mass is 446 g/mol. The van der Waals surface area contributed by atoms with Crippen LogP contribution >= 0.6 is 12.4 Å². The number of aryl methyl sites for hydroxylation is 2. The fraction of sp³-hybridized carbons (Fsp3) is 0.231. The first kappa shape index (κ1) is 21.9. The molecule has 0 unspecified atom stereocenters. The first-order valence-corrected chi connectivity index (χ1v) is 10.7. The molecule has 1 fully saturated rings. The number of halogens is 1. The molecule has 32 heavy (non-hydrogen) atoms. The third-order valence-electron chi connectivity index (χ3n) is 6.16. The molecule has 0 saturated carbocycles. The van der Waals surface area contributed by atoms with Crippen LogP contribution in [0.1, 0.15) is 15.9 Å². The van der Waals surface area contributed by atoms with E-state index in [-0.39, 0.29) is 18.3 Å². The molecular weight excluding hydrogens is 420 g/mol. The van der Waals surface area contributed by atoms with Gasteiger partial charge in [-0.2, -0.15) is 0 Å². The number of carbonyl (C=O) groups excluding carboxylic acids is 1. The normalized spacial score (nSPS) is 13.8. The third-order valence-corrected chi connectivity index (χ3v) is 6.16. The van der Waals surface area contributed by atoms with Gasteiger partial charge >= 0.3 is 0 Å². The molecule has 6 heteroatoms. The van der Waals surface area contributed by atoms with Crippen molar-refractivity contribution in [2.24, 2.45) is 7.05 Å². The van der Waals surface area contributed by atoms with Gasteiger partial charge < -0.3 is 14.4 Å². The highest BCUT2D eigenvalue weighted by molar-refractivity contribution is 6.13. The van der Waals surface area contributed by atoms with Crippen LogP contribution in [0.4, 0.5) is 5.82 Å². The van der Waals surface area contributed by atoms with Crippen molar-refractivity contribution in [2.45, 2.75) is 6.92 Å². The Morgan fingerprint density at radius 2 is 1.62 bits per heavy atom. The van der Waals surface area contributed by atoms with Crippen LogP contribution in [0.3, 0.4) is 0 Å². The van der Waals surface area contributed by atoms with Crippen LogP contribution in [-0.4, -0.2) is 46.5 Å².